The minimum Gasteiger partial charge on any atom is -0.493 e. The monoisotopic (exact) mass is 785 g/mol. The van der Waals surface area contributed by atoms with E-state index in [1.54, 1.807) is 21.3 Å². The molecular formula is C47H67N3O7. The minimum absolute atomic E-state index is 0.00685. The summed E-state index contributed by atoms with van der Waals surface area (Å²) in [5, 5.41) is 0. The van der Waals surface area contributed by atoms with Crippen LogP contribution in [0.5, 0.6) is 46.0 Å². The summed E-state index contributed by atoms with van der Waals surface area (Å²) in [6.07, 6.45) is 5.39. The molecule has 0 radical (unpaired) electrons. The number of carbonyl (C=O) groups excluding carboxylic acids is 1. The zero-order valence-corrected chi connectivity index (χ0v) is 36.8. The molecule has 0 aliphatic carbocycles. The van der Waals surface area contributed by atoms with Gasteiger partial charge in [0, 0.05) is 55.8 Å². The van der Waals surface area contributed by atoms with Gasteiger partial charge in [-0.25, -0.2) is 0 Å². The number of ether oxygens (including phenoxy) is 6. The van der Waals surface area contributed by atoms with Crippen LogP contribution in [0.3, 0.4) is 0 Å². The first-order valence-corrected chi connectivity index (χ1v) is 21.0. The number of fused-ring (bicyclic) bond motifs is 3. The van der Waals surface area contributed by atoms with E-state index in [4.69, 9.17) is 28.4 Å². The Morgan fingerprint density at radius 3 is 1.46 bits per heavy atom. The van der Waals surface area contributed by atoms with Gasteiger partial charge in [-0.3, -0.25) is 19.5 Å². The molecule has 0 spiro atoms. The highest BCUT2D eigenvalue weighted by atomic mass is 16.6. The predicted octanol–water partition coefficient (Wildman–Crippen LogP) is 9.95. The summed E-state index contributed by atoms with van der Waals surface area (Å²) in [7, 11) is 11.6. The maximum atomic E-state index is 12.9. The van der Waals surface area contributed by atoms with E-state index in [0.717, 1.165) is 80.4 Å². The number of esters is 1. The molecule has 0 saturated heterocycles. The maximum absolute atomic E-state index is 12.9. The highest BCUT2D eigenvalue weighted by molar-refractivity contribution is 5.75. The molecule has 10 heteroatoms. The Kier molecular flexibility index (Phi) is 13.4. The van der Waals surface area contributed by atoms with Crippen molar-refractivity contribution in [2.45, 2.75) is 105 Å². The van der Waals surface area contributed by atoms with Crippen molar-refractivity contribution in [3.05, 3.63) is 57.6 Å². The molecule has 57 heavy (non-hydrogen) atoms. The molecule has 10 nitrogen and oxygen atoms in total. The van der Waals surface area contributed by atoms with Crippen molar-refractivity contribution in [3.8, 4) is 46.0 Å². The van der Waals surface area contributed by atoms with E-state index in [0.29, 0.717) is 58.0 Å². The van der Waals surface area contributed by atoms with Crippen LogP contribution in [-0.2, 0) is 24.1 Å². The lowest BCUT2D eigenvalue weighted by atomic mass is 9.86. The molecule has 3 unspecified atom stereocenters. The van der Waals surface area contributed by atoms with Gasteiger partial charge in [-0.1, -0.05) is 41.5 Å². The Morgan fingerprint density at radius 2 is 0.982 bits per heavy atom. The van der Waals surface area contributed by atoms with Crippen LogP contribution in [0.4, 0.5) is 0 Å². The molecule has 3 aromatic rings. The van der Waals surface area contributed by atoms with Gasteiger partial charge in [0.1, 0.15) is 0 Å². The topological polar surface area (TPSA) is 82.2 Å². The summed E-state index contributed by atoms with van der Waals surface area (Å²) < 4.78 is 39.1. The first-order valence-electron chi connectivity index (χ1n) is 21.0. The number of rotatable bonds is 14. The summed E-state index contributed by atoms with van der Waals surface area (Å²) in [6.45, 7) is 17.7. The molecule has 0 fully saturated rings. The van der Waals surface area contributed by atoms with Gasteiger partial charge in [0.25, 0.3) is 0 Å². The van der Waals surface area contributed by atoms with Gasteiger partial charge in [0.05, 0.1) is 21.3 Å². The second-order valence-corrected chi connectivity index (χ2v) is 17.7. The van der Waals surface area contributed by atoms with Crippen LogP contribution >= 0.6 is 0 Å². The number of carbonyl (C=O) groups is 1. The van der Waals surface area contributed by atoms with Gasteiger partial charge in [-0.05, 0) is 124 Å². The zero-order chi connectivity index (χ0) is 41.3. The van der Waals surface area contributed by atoms with Gasteiger partial charge >= 0.3 is 5.97 Å². The molecule has 6 rings (SSSR count). The van der Waals surface area contributed by atoms with E-state index in [1.807, 2.05) is 6.07 Å². The molecule has 3 aliphatic heterocycles. The third-order valence-electron chi connectivity index (χ3n) is 12.1. The summed E-state index contributed by atoms with van der Waals surface area (Å²) >= 11 is 0. The molecule has 0 aromatic heterocycles. The van der Waals surface area contributed by atoms with Gasteiger partial charge in [0.15, 0.2) is 34.5 Å². The van der Waals surface area contributed by atoms with Gasteiger partial charge in [0.2, 0.25) is 11.5 Å². The fraction of sp³-hybridized carbons (Fsp3) is 0.596. The molecule has 312 valence electrons. The molecule has 0 N–H and O–H groups in total. The van der Waals surface area contributed by atoms with E-state index < -0.39 is 5.97 Å². The van der Waals surface area contributed by atoms with E-state index in [-0.39, 0.29) is 23.9 Å². The van der Waals surface area contributed by atoms with Gasteiger partial charge in [-0.2, -0.15) is 0 Å². The Morgan fingerprint density at radius 1 is 0.561 bits per heavy atom. The Hall–Kier alpha value is -3.99. The Labute approximate surface area is 341 Å². The molecule has 3 aliphatic rings. The third-order valence-corrected chi connectivity index (χ3v) is 12.1. The average Bonchev–Trinajstić information content (AvgIpc) is 3.15. The van der Waals surface area contributed by atoms with Crippen LogP contribution in [0.15, 0.2) is 24.3 Å². The maximum Gasteiger partial charge on any atom is 0.308 e. The van der Waals surface area contributed by atoms with Crippen molar-refractivity contribution in [1.29, 1.82) is 0 Å². The number of benzene rings is 3. The standard InChI is InChI=1S/C47H67N3O7/c1-27(2)20-35-34-26-39(38(52-11)23-31(34)14-17-48(35)8)56-46-42-32(15-18-49(9)36(42)21-28(3)4)25-41(54-13)45(46)57-47-43-33(16-19-50(10)37(43)22-29(5)6)24-40(53-12)44(47)55-30(7)51/h23-29,35-37H,14-22H2,1-13H3. The third kappa shape index (κ3) is 8.88. The second kappa shape index (κ2) is 17.9. The Bertz CT molecular complexity index is 1920. The SMILES string of the molecule is COc1cc2c(cc1Oc1c(Oc3c(OC(C)=O)c(OC)cc4c3C(CC(C)C)N(C)CC4)c(OC)cc3c1C(CC(C)C)N(C)CC3)C(CC(C)C)N(C)CC2. The van der Waals surface area contributed by atoms with E-state index in [1.165, 1.54) is 18.1 Å². The van der Waals surface area contributed by atoms with Gasteiger partial charge in [-0.15, -0.1) is 0 Å². The summed E-state index contributed by atoms with van der Waals surface area (Å²) in [5.41, 5.74) is 6.89. The lowest BCUT2D eigenvalue weighted by Gasteiger charge is -2.39. The van der Waals surface area contributed by atoms with Crippen LogP contribution in [0.2, 0.25) is 0 Å². The van der Waals surface area contributed by atoms with Crippen molar-refractivity contribution in [2.24, 2.45) is 17.8 Å². The number of hydrogen-bond acceptors (Lipinski definition) is 10. The van der Waals surface area contributed by atoms with Gasteiger partial charge < -0.3 is 28.4 Å². The normalized spacial score (nSPS) is 20.0. The minimum atomic E-state index is -0.463. The molecule has 0 bridgehead atoms. The molecule has 0 saturated carbocycles. The average molecular weight is 786 g/mol. The molecule has 3 heterocycles. The highest BCUT2D eigenvalue weighted by Gasteiger charge is 2.38. The number of methoxy groups -OCH3 is 3. The lowest BCUT2D eigenvalue weighted by Crippen LogP contribution is -2.34. The molecular weight excluding hydrogens is 719 g/mol. The zero-order valence-electron chi connectivity index (χ0n) is 36.8. The largest absolute Gasteiger partial charge is 0.493 e. The lowest BCUT2D eigenvalue weighted by molar-refractivity contribution is -0.132. The smallest absolute Gasteiger partial charge is 0.308 e. The molecule has 3 aromatic carbocycles. The van der Waals surface area contributed by atoms with Crippen LogP contribution in [-0.4, -0.2) is 82.8 Å². The summed E-state index contributed by atoms with van der Waals surface area (Å²) in [6, 6.07) is 8.80. The van der Waals surface area contributed by atoms with Crippen LogP contribution in [0.1, 0.15) is 119 Å². The van der Waals surface area contributed by atoms with Crippen LogP contribution in [0.25, 0.3) is 0 Å². The number of nitrogens with zero attached hydrogens (tertiary/aromatic N) is 3. The van der Waals surface area contributed by atoms with Crippen molar-refractivity contribution < 1.29 is 33.2 Å². The second-order valence-electron chi connectivity index (χ2n) is 17.7. The first-order chi connectivity index (χ1) is 27.1. The quantitative estimate of drug-likeness (QED) is 0.116. The van der Waals surface area contributed by atoms with E-state index in [9.17, 15) is 4.79 Å². The molecule has 0 amide bonds. The van der Waals surface area contributed by atoms with Crippen LogP contribution in [0, 0.1) is 17.8 Å². The fourth-order valence-corrected chi connectivity index (χ4v) is 9.22. The highest BCUT2D eigenvalue weighted by Crippen LogP contribution is 2.57. The Balaban J connectivity index is 1.66. The fourth-order valence-electron chi connectivity index (χ4n) is 9.22. The summed E-state index contributed by atoms with van der Waals surface area (Å²) in [4.78, 5) is 20.1. The van der Waals surface area contributed by atoms with Crippen molar-refractivity contribution in [2.75, 3.05) is 62.1 Å². The summed E-state index contributed by atoms with van der Waals surface area (Å²) in [5.74, 6) is 4.87. The molecule has 3 atom stereocenters. The van der Waals surface area contributed by atoms with Crippen LogP contribution < -0.4 is 28.4 Å². The van der Waals surface area contributed by atoms with E-state index in [2.05, 4.69) is 95.6 Å². The predicted molar refractivity (Wildman–Crippen MR) is 226 cm³/mol. The first kappa shape index (κ1) is 42.6. The van der Waals surface area contributed by atoms with Crippen molar-refractivity contribution >= 4 is 5.97 Å². The number of likely N-dealkylation sites (N-methyl/N-ethyl adjacent to an activating group) is 3. The number of hydrogen-bond donors (Lipinski definition) is 0. The van der Waals surface area contributed by atoms with E-state index >= 15 is 0 Å². The van der Waals surface area contributed by atoms with Crippen molar-refractivity contribution in [3.63, 3.8) is 0 Å². The van der Waals surface area contributed by atoms with Crippen molar-refractivity contribution in [1.82, 2.24) is 14.7 Å².